The van der Waals surface area contributed by atoms with Gasteiger partial charge in [-0.05, 0) is 23.8 Å². The van der Waals surface area contributed by atoms with Crippen LogP contribution >= 0.6 is 11.6 Å². The van der Waals surface area contributed by atoms with Gasteiger partial charge < -0.3 is 10.5 Å². The highest BCUT2D eigenvalue weighted by atomic mass is 35.5. The Labute approximate surface area is 149 Å². The molecule has 0 amide bonds. The third-order valence-electron chi connectivity index (χ3n) is 3.42. The lowest BCUT2D eigenvalue weighted by atomic mass is 10.2. The first-order valence-corrected chi connectivity index (χ1v) is 7.77. The monoisotopic (exact) mass is 357 g/mol. The van der Waals surface area contributed by atoms with Crippen molar-refractivity contribution in [3.8, 4) is 5.75 Å². The molecule has 3 aromatic rings. The molecule has 1 aromatic heterocycles. The van der Waals surface area contributed by atoms with Crippen LogP contribution in [0.15, 0.2) is 60.9 Å². The molecule has 0 aliphatic carbocycles. The van der Waals surface area contributed by atoms with Gasteiger partial charge in [0.2, 0.25) is 5.96 Å². The molecule has 25 heavy (non-hydrogen) atoms. The zero-order valence-electron chi connectivity index (χ0n) is 13.1. The number of hydrogen-bond acceptors (Lipinski definition) is 5. The summed E-state index contributed by atoms with van der Waals surface area (Å²) in [4.78, 5) is 0. The van der Waals surface area contributed by atoms with Gasteiger partial charge in [0.1, 0.15) is 12.4 Å². The second-order valence-electron chi connectivity index (χ2n) is 5.24. The Balaban J connectivity index is 1.71. The minimum absolute atomic E-state index is 0.286. The molecule has 0 radical (unpaired) electrons. The van der Waals surface area contributed by atoms with Crippen molar-refractivity contribution in [1.82, 2.24) is 9.78 Å². The van der Waals surface area contributed by atoms with E-state index < -0.39 is 0 Å². The summed E-state index contributed by atoms with van der Waals surface area (Å²) < 4.78 is 6.83. The van der Waals surface area contributed by atoms with Gasteiger partial charge in [0.25, 0.3) is 0 Å². The van der Waals surface area contributed by atoms with Gasteiger partial charge in [-0.3, -0.25) is 10.6 Å². The first kappa shape index (κ1) is 16.8. The van der Waals surface area contributed by atoms with Crippen molar-refractivity contribution in [3.05, 3.63) is 71.5 Å². The number of hydroxylamine groups is 1. The zero-order valence-corrected chi connectivity index (χ0v) is 13.9. The molecule has 0 saturated carbocycles. The number of nitrogens with zero attached hydrogens (tertiary/aromatic N) is 3. The van der Waals surface area contributed by atoms with E-state index in [1.807, 2.05) is 30.3 Å². The molecule has 0 fully saturated rings. The molecule has 0 atom stereocenters. The fraction of sp³-hybridized carbons (Fsp3) is 0.0588. The number of ether oxygens (including phenoxy) is 1. The highest BCUT2D eigenvalue weighted by Gasteiger charge is 2.14. The molecule has 0 bridgehead atoms. The Morgan fingerprint density at radius 3 is 2.68 bits per heavy atom. The summed E-state index contributed by atoms with van der Waals surface area (Å²) in [5.74, 6) is 0.197. The number of halogens is 1. The van der Waals surface area contributed by atoms with Crippen molar-refractivity contribution < 1.29 is 9.94 Å². The number of hydrogen-bond donors (Lipinski definition) is 3. The molecule has 2 aromatic carbocycles. The molecule has 0 aliphatic rings. The minimum atomic E-state index is -0.286. The standard InChI is InChI=1S/C17H16ClN5O2/c18-15-8-14(23(24)17(20)22-10-13(19)9-21-22)6-7-16(15)25-11-12-4-2-1-3-5-12/h1-10,20,24H,11,19H2. The van der Waals surface area contributed by atoms with Crippen molar-refractivity contribution in [3.63, 3.8) is 0 Å². The number of nitrogens with two attached hydrogens (primary N) is 1. The topological polar surface area (TPSA) is 100 Å². The van der Waals surface area contributed by atoms with E-state index in [2.05, 4.69) is 5.10 Å². The van der Waals surface area contributed by atoms with Gasteiger partial charge in [-0.15, -0.1) is 0 Å². The van der Waals surface area contributed by atoms with Gasteiger partial charge in [0, 0.05) is 0 Å². The first-order chi connectivity index (χ1) is 12.0. The van der Waals surface area contributed by atoms with E-state index in [1.165, 1.54) is 18.5 Å². The predicted molar refractivity (Wildman–Crippen MR) is 96.3 cm³/mol. The Kier molecular flexibility index (Phi) is 4.87. The van der Waals surface area contributed by atoms with Crippen LogP contribution in [0, 0.1) is 5.41 Å². The lowest BCUT2D eigenvalue weighted by Gasteiger charge is -2.18. The fourth-order valence-corrected chi connectivity index (χ4v) is 2.38. The van der Waals surface area contributed by atoms with E-state index in [1.54, 1.807) is 12.1 Å². The van der Waals surface area contributed by atoms with Crippen LogP contribution in [0.2, 0.25) is 5.02 Å². The number of anilines is 2. The largest absolute Gasteiger partial charge is 0.487 e. The maximum atomic E-state index is 10.2. The number of nitrogen functional groups attached to an aromatic ring is 1. The molecule has 7 nitrogen and oxygen atoms in total. The van der Waals surface area contributed by atoms with Crippen LogP contribution in [-0.2, 0) is 6.61 Å². The maximum absolute atomic E-state index is 10.2. The summed E-state index contributed by atoms with van der Waals surface area (Å²) in [5.41, 5.74) is 7.27. The van der Waals surface area contributed by atoms with Crippen molar-refractivity contribution in [2.75, 3.05) is 10.8 Å². The summed E-state index contributed by atoms with van der Waals surface area (Å²) in [7, 11) is 0. The molecule has 1 heterocycles. The number of benzene rings is 2. The quantitative estimate of drug-likeness (QED) is 0.377. The number of aromatic nitrogens is 2. The lowest BCUT2D eigenvalue weighted by Crippen LogP contribution is -2.32. The summed E-state index contributed by atoms with van der Waals surface area (Å²) in [6.45, 7) is 0.380. The Hall–Kier alpha value is -3.03. The average Bonchev–Trinajstić information content (AvgIpc) is 3.06. The van der Waals surface area contributed by atoms with Crippen LogP contribution in [0.25, 0.3) is 0 Å². The van der Waals surface area contributed by atoms with Crippen molar-refractivity contribution in [2.45, 2.75) is 6.61 Å². The summed E-state index contributed by atoms with van der Waals surface area (Å²) in [6, 6.07) is 14.4. The Morgan fingerprint density at radius 1 is 1.28 bits per heavy atom. The third kappa shape index (κ3) is 3.90. The molecule has 128 valence electrons. The highest BCUT2D eigenvalue weighted by molar-refractivity contribution is 6.32. The molecule has 3 rings (SSSR count). The van der Waals surface area contributed by atoms with E-state index in [0.29, 0.717) is 33.8 Å². The van der Waals surface area contributed by atoms with Gasteiger partial charge in [-0.2, -0.15) is 10.2 Å². The lowest BCUT2D eigenvalue weighted by molar-refractivity contribution is 0.302. The summed E-state index contributed by atoms with van der Waals surface area (Å²) in [5, 5.41) is 23.0. The van der Waals surface area contributed by atoms with Crippen LogP contribution in [0.1, 0.15) is 5.56 Å². The molecule has 0 saturated heterocycles. The van der Waals surface area contributed by atoms with Crippen molar-refractivity contribution >= 4 is 28.9 Å². The van der Waals surface area contributed by atoms with Crippen LogP contribution in [0.5, 0.6) is 5.75 Å². The average molecular weight is 358 g/mol. The predicted octanol–water partition coefficient (Wildman–Crippen LogP) is 3.38. The summed E-state index contributed by atoms with van der Waals surface area (Å²) in [6.07, 6.45) is 2.81. The number of nitrogens with one attached hydrogen (secondary N) is 1. The Bertz CT molecular complexity index is 882. The molecule has 0 aliphatic heterocycles. The smallest absolute Gasteiger partial charge is 0.248 e. The van der Waals surface area contributed by atoms with Crippen LogP contribution < -0.4 is 15.5 Å². The van der Waals surface area contributed by atoms with Crippen molar-refractivity contribution in [1.29, 1.82) is 5.41 Å². The van der Waals surface area contributed by atoms with E-state index in [0.717, 1.165) is 10.2 Å². The molecule has 8 heteroatoms. The van der Waals surface area contributed by atoms with Gasteiger partial charge in [-0.25, -0.2) is 4.68 Å². The highest BCUT2D eigenvalue weighted by Crippen LogP contribution is 2.29. The van der Waals surface area contributed by atoms with Gasteiger partial charge >= 0.3 is 0 Å². The minimum Gasteiger partial charge on any atom is -0.487 e. The normalized spacial score (nSPS) is 10.5. The summed E-state index contributed by atoms with van der Waals surface area (Å²) >= 11 is 6.22. The van der Waals surface area contributed by atoms with Gasteiger partial charge in [-0.1, -0.05) is 41.9 Å². The molecular formula is C17H16ClN5O2. The molecular weight excluding hydrogens is 342 g/mol. The number of rotatable bonds is 4. The van der Waals surface area contributed by atoms with E-state index in [4.69, 9.17) is 27.5 Å². The second-order valence-corrected chi connectivity index (χ2v) is 5.65. The van der Waals surface area contributed by atoms with Crippen molar-refractivity contribution in [2.24, 2.45) is 0 Å². The SMILES string of the molecule is N=C(N(O)c1ccc(OCc2ccccc2)c(Cl)c1)n1cc(N)cn1. The second kappa shape index (κ2) is 7.25. The van der Waals surface area contributed by atoms with Gasteiger partial charge in [0.15, 0.2) is 0 Å². The van der Waals surface area contributed by atoms with Gasteiger partial charge in [0.05, 0.1) is 28.8 Å². The molecule has 4 N–H and O–H groups in total. The Morgan fingerprint density at radius 2 is 2.04 bits per heavy atom. The molecule has 0 spiro atoms. The van der Waals surface area contributed by atoms with Crippen LogP contribution in [0.4, 0.5) is 11.4 Å². The van der Waals surface area contributed by atoms with Crippen LogP contribution in [-0.4, -0.2) is 20.9 Å². The molecule has 0 unspecified atom stereocenters. The van der Waals surface area contributed by atoms with E-state index >= 15 is 0 Å². The van der Waals surface area contributed by atoms with E-state index in [9.17, 15) is 5.21 Å². The fourth-order valence-electron chi connectivity index (χ4n) is 2.15. The van der Waals surface area contributed by atoms with Crippen LogP contribution in [0.3, 0.4) is 0 Å². The van der Waals surface area contributed by atoms with E-state index in [-0.39, 0.29) is 5.96 Å². The maximum Gasteiger partial charge on any atom is 0.248 e. The third-order valence-corrected chi connectivity index (χ3v) is 3.71. The zero-order chi connectivity index (χ0) is 17.8. The first-order valence-electron chi connectivity index (χ1n) is 7.39.